The van der Waals surface area contributed by atoms with Crippen LogP contribution in [0.25, 0.3) is 0 Å². The Morgan fingerprint density at radius 1 is 1.04 bits per heavy atom. The summed E-state index contributed by atoms with van der Waals surface area (Å²) < 4.78 is 30.3. The van der Waals surface area contributed by atoms with Gasteiger partial charge < -0.3 is 19.5 Å². The highest BCUT2D eigenvalue weighted by atomic mass is 19.1. The van der Waals surface area contributed by atoms with Crippen molar-refractivity contribution in [1.29, 1.82) is 0 Å². The minimum atomic E-state index is -0.182. The zero-order valence-corrected chi connectivity index (χ0v) is 14.5. The number of nitrogens with one attached hydrogen (secondary N) is 1. The summed E-state index contributed by atoms with van der Waals surface area (Å²) in [6, 6.07) is 13.7. The molecule has 5 rings (SSSR count). The van der Waals surface area contributed by atoms with Crippen molar-refractivity contribution in [3.63, 3.8) is 0 Å². The van der Waals surface area contributed by atoms with Crippen LogP contribution in [0.15, 0.2) is 42.5 Å². The molecule has 0 saturated carbocycles. The average molecular weight is 355 g/mol. The van der Waals surface area contributed by atoms with E-state index in [9.17, 15) is 4.39 Å². The summed E-state index contributed by atoms with van der Waals surface area (Å²) in [7, 11) is 0. The Bertz CT molecular complexity index is 794. The van der Waals surface area contributed by atoms with Crippen molar-refractivity contribution in [3.8, 4) is 17.2 Å². The van der Waals surface area contributed by atoms with Crippen LogP contribution in [-0.2, 0) is 0 Å². The second-order valence-corrected chi connectivity index (χ2v) is 7.43. The van der Waals surface area contributed by atoms with Crippen LogP contribution in [0, 0.1) is 11.7 Å². The zero-order chi connectivity index (χ0) is 17.5. The number of halogens is 1. The van der Waals surface area contributed by atoms with Crippen LogP contribution in [0.4, 0.5) is 4.39 Å². The number of fused-ring (bicyclic) bond motifs is 3. The van der Waals surface area contributed by atoms with E-state index < -0.39 is 0 Å². The van der Waals surface area contributed by atoms with Gasteiger partial charge in [0.15, 0.2) is 11.5 Å². The molecule has 0 aromatic heterocycles. The monoisotopic (exact) mass is 355 g/mol. The molecule has 2 aromatic rings. The van der Waals surface area contributed by atoms with Gasteiger partial charge in [0.2, 0.25) is 6.79 Å². The van der Waals surface area contributed by atoms with Crippen molar-refractivity contribution in [2.24, 2.45) is 5.92 Å². The third-order valence-electron chi connectivity index (χ3n) is 5.93. The SMILES string of the molecule is Fc1ccc([C@@H]2CC3CCC(N3)[C@@H]2COc2ccc3c(c2)OCO3)cc1. The van der Waals surface area contributed by atoms with Crippen LogP contribution in [-0.4, -0.2) is 25.5 Å². The second-order valence-electron chi connectivity index (χ2n) is 7.43. The highest BCUT2D eigenvalue weighted by Gasteiger charge is 2.42. The molecule has 2 aromatic carbocycles. The number of piperidine rings is 1. The van der Waals surface area contributed by atoms with Gasteiger partial charge in [-0.05, 0) is 55.0 Å². The fraction of sp³-hybridized carbons (Fsp3) is 0.429. The fourth-order valence-electron chi connectivity index (χ4n) is 4.62. The molecule has 2 fully saturated rings. The van der Waals surface area contributed by atoms with E-state index in [1.54, 1.807) is 12.1 Å². The van der Waals surface area contributed by atoms with Gasteiger partial charge in [0.1, 0.15) is 11.6 Å². The van der Waals surface area contributed by atoms with E-state index in [4.69, 9.17) is 14.2 Å². The van der Waals surface area contributed by atoms with Crippen LogP contribution in [0.1, 0.15) is 30.7 Å². The maximum absolute atomic E-state index is 13.3. The van der Waals surface area contributed by atoms with Gasteiger partial charge in [-0.3, -0.25) is 0 Å². The van der Waals surface area contributed by atoms with Crippen LogP contribution < -0.4 is 19.5 Å². The molecular weight excluding hydrogens is 333 g/mol. The smallest absolute Gasteiger partial charge is 0.231 e. The van der Waals surface area contributed by atoms with Gasteiger partial charge in [-0.1, -0.05) is 12.1 Å². The Kier molecular flexibility index (Phi) is 3.97. The number of rotatable bonds is 4. The zero-order valence-electron chi connectivity index (χ0n) is 14.5. The van der Waals surface area contributed by atoms with Gasteiger partial charge in [-0.25, -0.2) is 4.39 Å². The summed E-state index contributed by atoms with van der Waals surface area (Å²) in [6.07, 6.45) is 3.47. The Balaban J connectivity index is 1.35. The molecule has 0 amide bonds. The van der Waals surface area contributed by atoms with E-state index in [1.165, 1.54) is 18.4 Å². The van der Waals surface area contributed by atoms with Crippen LogP contribution in [0.5, 0.6) is 17.2 Å². The predicted molar refractivity (Wildman–Crippen MR) is 95.3 cm³/mol. The molecule has 0 spiro atoms. The van der Waals surface area contributed by atoms with E-state index in [-0.39, 0.29) is 12.6 Å². The highest BCUT2D eigenvalue weighted by molar-refractivity contribution is 5.46. The van der Waals surface area contributed by atoms with E-state index in [2.05, 4.69) is 5.32 Å². The minimum Gasteiger partial charge on any atom is -0.493 e. The molecule has 2 saturated heterocycles. The Morgan fingerprint density at radius 3 is 2.77 bits per heavy atom. The fourth-order valence-corrected chi connectivity index (χ4v) is 4.62. The second kappa shape index (κ2) is 6.47. The van der Waals surface area contributed by atoms with Gasteiger partial charge in [0, 0.05) is 24.1 Å². The molecule has 0 radical (unpaired) electrons. The molecule has 3 aliphatic rings. The van der Waals surface area contributed by atoms with Crippen molar-refractivity contribution in [2.75, 3.05) is 13.4 Å². The van der Waals surface area contributed by atoms with E-state index in [1.807, 2.05) is 30.3 Å². The van der Waals surface area contributed by atoms with Crippen molar-refractivity contribution < 1.29 is 18.6 Å². The lowest BCUT2D eigenvalue weighted by molar-refractivity contribution is 0.158. The molecule has 3 aliphatic heterocycles. The molecule has 4 nitrogen and oxygen atoms in total. The largest absolute Gasteiger partial charge is 0.493 e. The molecule has 3 heterocycles. The Labute approximate surface area is 152 Å². The lowest BCUT2D eigenvalue weighted by atomic mass is 9.77. The van der Waals surface area contributed by atoms with Crippen LogP contribution in [0.2, 0.25) is 0 Å². The molecular formula is C21H22FNO3. The summed E-state index contributed by atoms with van der Waals surface area (Å²) in [5, 5.41) is 3.73. The molecule has 2 unspecified atom stereocenters. The quantitative estimate of drug-likeness (QED) is 0.904. The van der Waals surface area contributed by atoms with Gasteiger partial charge in [-0.2, -0.15) is 0 Å². The molecule has 136 valence electrons. The predicted octanol–water partition coefficient (Wildman–Crippen LogP) is 3.86. The van der Waals surface area contributed by atoms with Crippen molar-refractivity contribution >= 4 is 0 Å². The maximum atomic E-state index is 13.3. The summed E-state index contributed by atoms with van der Waals surface area (Å²) in [5.74, 6) is 2.87. The Morgan fingerprint density at radius 2 is 1.88 bits per heavy atom. The first-order valence-corrected chi connectivity index (χ1v) is 9.30. The van der Waals surface area contributed by atoms with E-state index in [0.717, 1.165) is 23.7 Å². The molecule has 4 atom stereocenters. The van der Waals surface area contributed by atoms with E-state index >= 15 is 0 Å². The lowest BCUT2D eigenvalue weighted by Crippen LogP contribution is -2.46. The topological polar surface area (TPSA) is 39.7 Å². The van der Waals surface area contributed by atoms with Gasteiger partial charge in [-0.15, -0.1) is 0 Å². The van der Waals surface area contributed by atoms with Crippen molar-refractivity contribution in [3.05, 3.63) is 53.8 Å². The van der Waals surface area contributed by atoms with Gasteiger partial charge in [0.25, 0.3) is 0 Å². The molecule has 26 heavy (non-hydrogen) atoms. The number of hydrogen-bond acceptors (Lipinski definition) is 4. The van der Waals surface area contributed by atoms with E-state index in [0.29, 0.717) is 30.5 Å². The van der Waals surface area contributed by atoms with Gasteiger partial charge >= 0.3 is 0 Å². The van der Waals surface area contributed by atoms with Crippen molar-refractivity contribution in [1.82, 2.24) is 5.32 Å². The summed E-state index contributed by atoms with van der Waals surface area (Å²) in [6.45, 7) is 0.896. The first-order valence-electron chi connectivity index (χ1n) is 9.30. The normalized spacial score (nSPS) is 29.0. The van der Waals surface area contributed by atoms with Crippen LogP contribution in [0.3, 0.4) is 0 Å². The first kappa shape index (κ1) is 15.9. The maximum Gasteiger partial charge on any atom is 0.231 e. The summed E-state index contributed by atoms with van der Waals surface area (Å²) in [4.78, 5) is 0. The number of hydrogen-bond donors (Lipinski definition) is 1. The molecule has 0 aliphatic carbocycles. The number of benzene rings is 2. The lowest BCUT2D eigenvalue weighted by Gasteiger charge is -2.38. The van der Waals surface area contributed by atoms with Gasteiger partial charge in [0.05, 0.1) is 6.61 Å². The molecule has 2 bridgehead atoms. The highest BCUT2D eigenvalue weighted by Crippen LogP contribution is 2.42. The summed E-state index contributed by atoms with van der Waals surface area (Å²) >= 11 is 0. The third-order valence-corrected chi connectivity index (χ3v) is 5.93. The first-order chi connectivity index (χ1) is 12.8. The number of ether oxygens (including phenoxy) is 3. The van der Waals surface area contributed by atoms with Crippen LogP contribution >= 0.6 is 0 Å². The Hall–Kier alpha value is -2.27. The summed E-state index contributed by atoms with van der Waals surface area (Å²) in [5.41, 5.74) is 1.21. The third kappa shape index (κ3) is 2.90. The minimum absolute atomic E-state index is 0.182. The molecule has 1 N–H and O–H groups in total. The standard InChI is InChI=1S/C21H22FNO3/c22-14-3-1-13(2-4-14)17-9-15-5-7-19(23-15)18(17)11-24-16-6-8-20-21(10-16)26-12-25-20/h1-4,6,8,10,15,17-19,23H,5,7,9,11-12H2/t15?,17-,18+,19?/m0/s1. The van der Waals surface area contributed by atoms with Crippen molar-refractivity contribution in [2.45, 2.75) is 37.3 Å². The average Bonchev–Trinajstić information content (AvgIpc) is 3.28. The molecule has 5 heteroatoms.